The number of hydrogen-bond acceptors (Lipinski definition) is 2. The van der Waals surface area contributed by atoms with Crippen LogP contribution in [0.2, 0.25) is 5.02 Å². The molecule has 0 bridgehead atoms. The molecule has 0 atom stereocenters. The maximum atomic E-state index is 12.2. The Bertz CT molecular complexity index is 667. The summed E-state index contributed by atoms with van der Waals surface area (Å²) in [4.78, 5) is 12.2. The largest absolute Gasteiger partial charge is 0.489 e. The summed E-state index contributed by atoms with van der Waals surface area (Å²) >= 11 is 6.02. The molecule has 0 unspecified atom stereocenters. The average molecular weight is 302 g/mol. The Kier molecular flexibility index (Phi) is 5.01. The second-order valence-corrected chi connectivity index (χ2v) is 5.11. The van der Waals surface area contributed by atoms with Crippen LogP contribution in [0.15, 0.2) is 60.7 Å². The third kappa shape index (κ3) is 4.36. The third-order valence-corrected chi connectivity index (χ3v) is 3.03. The molecule has 3 nitrogen and oxygen atoms in total. The highest BCUT2D eigenvalue weighted by Gasteiger charge is 2.09. The number of carbonyl (C=O) groups excluding carboxylic acids is 1. The van der Waals surface area contributed by atoms with Gasteiger partial charge in [-0.1, -0.05) is 36.4 Å². The van der Waals surface area contributed by atoms with Crippen LogP contribution in [0.1, 0.15) is 17.3 Å². The van der Waals surface area contributed by atoms with E-state index in [0.29, 0.717) is 28.6 Å². The minimum Gasteiger partial charge on any atom is -0.489 e. The molecule has 21 heavy (non-hydrogen) atoms. The van der Waals surface area contributed by atoms with E-state index in [1.807, 2.05) is 19.1 Å². The molecule has 2 aromatic carbocycles. The fourth-order valence-electron chi connectivity index (χ4n) is 1.69. The molecule has 0 spiro atoms. The van der Waals surface area contributed by atoms with Crippen LogP contribution in [0.5, 0.6) is 5.75 Å². The molecular formula is C17H16ClNO2. The normalized spacial score (nSPS) is 10.0. The molecule has 0 aromatic heterocycles. The van der Waals surface area contributed by atoms with Gasteiger partial charge in [0.2, 0.25) is 0 Å². The van der Waals surface area contributed by atoms with Crippen molar-refractivity contribution < 1.29 is 9.53 Å². The first-order valence-corrected chi connectivity index (χ1v) is 6.87. The Morgan fingerprint density at radius 1 is 1.24 bits per heavy atom. The van der Waals surface area contributed by atoms with Crippen LogP contribution in [-0.2, 0) is 0 Å². The number of para-hydroxylation sites is 1. The molecule has 108 valence electrons. The van der Waals surface area contributed by atoms with E-state index in [9.17, 15) is 4.79 Å². The zero-order valence-corrected chi connectivity index (χ0v) is 12.5. The first-order chi connectivity index (χ1) is 10.1. The Hall–Kier alpha value is -2.26. The minimum atomic E-state index is -0.233. The molecular weight excluding hydrogens is 286 g/mol. The van der Waals surface area contributed by atoms with Crippen LogP contribution in [-0.4, -0.2) is 12.5 Å². The van der Waals surface area contributed by atoms with E-state index < -0.39 is 0 Å². The summed E-state index contributed by atoms with van der Waals surface area (Å²) in [5.74, 6) is 0.397. The highest BCUT2D eigenvalue weighted by atomic mass is 35.5. The van der Waals surface area contributed by atoms with Gasteiger partial charge in [0.25, 0.3) is 5.91 Å². The average Bonchev–Trinajstić information content (AvgIpc) is 2.48. The lowest BCUT2D eigenvalue weighted by Gasteiger charge is -2.09. The number of ether oxygens (including phenoxy) is 1. The van der Waals surface area contributed by atoms with Crippen molar-refractivity contribution in [1.29, 1.82) is 0 Å². The fourth-order valence-corrected chi connectivity index (χ4v) is 1.87. The molecule has 2 aromatic rings. The minimum absolute atomic E-state index is 0.233. The van der Waals surface area contributed by atoms with E-state index in [-0.39, 0.29) is 5.91 Å². The van der Waals surface area contributed by atoms with Gasteiger partial charge < -0.3 is 10.1 Å². The Morgan fingerprint density at radius 2 is 2.00 bits per heavy atom. The van der Waals surface area contributed by atoms with Crippen LogP contribution < -0.4 is 10.1 Å². The standard InChI is InChI=1S/C17H16ClNO2/c1-12(2)11-21-14-7-5-6-13(10-14)17(20)19-16-9-4-3-8-15(16)18/h3-10H,1,11H2,2H3,(H,19,20). The summed E-state index contributed by atoms with van der Waals surface area (Å²) in [6, 6.07) is 14.1. The zero-order chi connectivity index (χ0) is 15.2. The number of carbonyl (C=O) groups is 1. The smallest absolute Gasteiger partial charge is 0.255 e. The molecule has 0 aliphatic heterocycles. The van der Waals surface area contributed by atoms with Gasteiger partial charge in [-0.3, -0.25) is 4.79 Å². The number of rotatable bonds is 5. The molecule has 1 amide bonds. The molecule has 1 N–H and O–H groups in total. The van der Waals surface area contributed by atoms with Gasteiger partial charge in [0, 0.05) is 5.56 Å². The maximum absolute atomic E-state index is 12.2. The summed E-state index contributed by atoms with van der Waals surface area (Å²) < 4.78 is 5.53. The Morgan fingerprint density at radius 3 is 2.71 bits per heavy atom. The van der Waals surface area contributed by atoms with Gasteiger partial charge >= 0.3 is 0 Å². The van der Waals surface area contributed by atoms with Crippen LogP contribution >= 0.6 is 11.6 Å². The summed E-state index contributed by atoms with van der Waals surface area (Å²) in [5.41, 5.74) is 2.01. The summed E-state index contributed by atoms with van der Waals surface area (Å²) in [7, 11) is 0. The monoisotopic (exact) mass is 301 g/mol. The van der Waals surface area contributed by atoms with Gasteiger partial charge in [0.15, 0.2) is 0 Å². The predicted octanol–water partition coefficient (Wildman–Crippen LogP) is 4.55. The lowest BCUT2D eigenvalue weighted by atomic mass is 10.2. The predicted molar refractivity (Wildman–Crippen MR) is 86.2 cm³/mol. The summed E-state index contributed by atoms with van der Waals surface area (Å²) in [5, 5.41) is 3.28. The van der Waals surface area contributed by atoms with Crippen LogP contribution in [0.3, 0.4) is 0 Å². The van der Waals surface area contributed by atoms with E-state index >= 15 is 0 Å². The number of anilines is 1. The third-order valence-electron chi connectivity index (χ3n) is 2.70. The second-order valence-electron chi connectivity index (χ2n) is 4.71. The molecule has 0 aliphatic rings. The lowest BCUT2D eigenvalue weighted by molar-refractivity contribution is 0.102. The number of benzene rings is 2. The van der Waals surface area contributed by atoms with E-state index in [2.05, 4.69) is 11.9 Å². The van der Waals surface area contributed by atoms with Crippen molar-refractivity contribution in [2.75, 3.05) is 11.9 Å². The first kappa shape index (κ1) is 15.1. The van der Waals surface area contributed by atoms with Crippen molar-refractivity contribution in [3.63, 3.8) is 0 Å². The van der Waals surface area contributed by atoms with Crippen LogP contribution in [0, 0.1) is 0 Å². The highest BCUT2D eigenvalue weighted by Crippen LogP contribution is 2.22. The molecule has 0 saturated carbocycles. The molecule has 4 heteroatoms. The van der Waals surface area contributed by atoms with Crippen LogP contribution in [0.4, 0.5) is 5.69 Å². The van der Waals surface area contributed by atoms with Crippen molar-refractivity contribution in [3.05, 3.63) is 71.3 Å². The van der Waals surface area contributed by atoms with Gasteiger partial charge in [-0.2, -0.15) is 0 Å². The quantitative estimate of drug-likeness (QED) is 0.823. The van der Waals surface area contributed by atoms with Crippen LogP contribution in [0.25, 0.3) is 0 Å². The lowest BCUT2D eigenvalue weighted by Crippen LogP contribution is -2.12. The van der Waals surface area contributed by atoms with E-state index in [0.717, 1.165) is 5.57 Å². The van der Waals surface area contributed by atoms with Gasteiger partial charge in [0.05, 0.1) is 10.7 Å². The molecule has 0 fully saturated rings. The van der Waals surface area contributed by atoms with E-state index in [1.54, 1.807) is 36.4 Å². The molecule has 0 aliphatic carbocycles. The summed E-state index contributed by atoms with van der Waals surface area (Å²) in [6.07, 6.45) is 0. The maximum Gasteiger partial charge on any atom is 0.255 e. The van der Waals surface area contributed by atoms with Crippen molar-refractivity contribution in [1.82, 2.24) is 0 Å². The first-order valence-electron chi connectivity index (χ1n) is 6.49. The van der Waals surface area contributed by atoms with Crippen molar-refractivity contribution in [2.45, 2.75) is 6.92 Å². The van der Waals surface area contributed by atoms with Gasteiger partial charge in [-0.15, -0.1) is 0 Å². The number of amides is 1. The number of halogens is 1. The Labute approximate surface area is 129 Å². The molecule has 0 saturated heterocycles. The second kappa shape index (κ2) is 6.95. The topological polar surface area (TPSA) is 38.3 Å². The number of nitrogens with one attached hydrogen (secondary N) is 1. The highest BCUT2D eigenvalue weighted by molar-refractivity contribution is 6.33. The number of hydrogen-bond donors (Lipinski definition) is 1. The zero-order valence-electron chi connectivity index (χ0n) is 11.7. The molecule has 0 radical (unpaired) electrons. The summed E-state index contributed by atoms with van der Waals surface area (Å²) in [6.45, 7) is 6.08. The molecule has 2 rings (SSSR count). The van der Waals surface area contributed by atoms with Gasteiger partial charge in [-0.25, -0.2) is 0 Å². The fraction of sp³-hybridized carbons (Fsp3) is 0.118. The van der Waals surface area contributed by atoms with Crippen molar-refractivity contribution in [3.8, 4) is 5.75 Å². The van der Waals surface area contributed by atoms with E-state index in [1.165, 1.54) is 0 Å². The van der Waals surface area contributed by atoms with E-state index in [4.69, 9.17) is 16.3 Å². The van der Waals surface area contributed by atoms with Gasteiger partial charge in [-0.05, 0) is 42.8 Å². The molecule has 0 heterocycles. The van der Waals surface area contributed by atoms with Crippen molar-refractivity contribution in [2.24, 2.45) is 0 Å². The van der Waals surface area contributed by atoms with Crippen molar-refractivity contribution >= 4 is 23.2 Å². The van der Waals surface area contributed by atoms with Gasteiger partial charge in [0.1, 0.15) is 12.4 Å². The Balaban J connectivity index is 2.11. The SMILES string of the molecule is C=C(C)COc1cccc(C(=O)Nc2ccccc2Cl)c1.